The van der Waals surface area contributed by atoms with Crippen LogP contribution in [0.2, 0.25) is 0 Å². The van der Waals surface area contributed by atoms with Gasteiger partial charge in [0.25, 0.3) is 5.91 Å². The van der Waals surface area contributed by atoms with Gasteiger partial charge in [-0.15, -0.1) is 0 Å². The number of nitrogen functional groups attached to an aromatic ring is 1. The average Bonchev–Trinajstić information content (AvgIpc) is 2.50. The minimum absolute atomic E-state index is 0.0319. The number of halogens is 1. The number of amides is 1. The minimum Gasteiger partial charge on any atom is -0.396 e. The van der Waals surface area contributed by atoms with Crippen molar-refractivity contribution in [2.45, 2.75) is 26.2 Å². The number of carbonyl (C=O) groups is 1. The Balaban J connectivity index is 2.10. The molecule has 0 aliphatic heterocycles. The third-order valence-corrected chi connectivity index (χ3v) is 3.61. The zero-order valence-electron chi connectivity index (χ0n) is 12.2. The molecule has 1 unspecified atom stereocenters. The van der Waals surface area contributed by atoms with Gasteiger partial charge in [0.15, 0.2) is 0 Å². The van der Waals surface area contributed by atoms with Gasteiger partial charge in [0.1, 0.15) is 5.82 Å². The standard InChI is InChI=1S/C17H19FN2O/c1-3-11(2)12-4-7-14(8-5-12)20-17(21)13-6-9-16(19)15(18)10-13/h4-11H,3,19H2,1-2H3,(H,20,21). The van der Waals surface area contributed by atoms with Crippen LogP contribution in [0.3, 0.4) is 0 Å². The zero-order chi connectivity index (χ0) is 15.4. The number of hydrogen-bond acceptors (Lipinski definition) is 2. The first-order valence-electron chi connectivity index (χ1n) is 6.97. The van der Waals surface area contributed by atoms with Gasteiger partial charge in [-0.2, -0.15) is 0 Å². The summed E-state index contributed by atoms with van der Waals surface area (Å²) >= 11 is 0. The van der Waals surface area contributed by atoms with Crippen LogP contribution in [0.1, 0.15) is 42.1 Å². The maximum Gasteiger partial charge on any atom is 0.255 e. The van der Waals surface area contributed by atoms with E-state index in [-0.39, 0.29) is 17.2 Å². The van der Waals surface area contributed by atoms with Crippen molar-refractivity contribution < 1.29 is 9.18 Å². The number of benzene rings is 2. The number of nitrogens with two attached hydrogens (primary N) is 1. The highest BCUT2D eigenvalue weighted by Gasteiger charge is 2.09. The Bertz CT molecular complexity index is 638. The highest BCUT2D eigenvalue weighted by molar-refractivity contribution is 6.04. The van der Waals surface area contributed by atoms with E-state index in [2.05, 4.69) is 19.2 Å². The van der Waals surface area contributed by atoms with Gasteiger partial charge in [-0.25, -0.2) is 4.39 Å². The summed E-state index contributed by atoms with van der Waals surface area (Å²) in [6, 6.07) is 11.7. The molecule has 1 amide bonds. The lowest BCUT2D eigenvalue weighted by molar-refractivity contribution is 0.102. The molecule has 0 saturated carbocycles. The summed E-state index contributed by atoms with van der Waals surface area (Å²) in [5.41, 5.74) is 7.58. The largest absolute Gasteiger partial charge is 0.396 e. The molecule has 1 atom stereocenters. The van der Waals surface area contributed by atoms with E-state index < -0.39 is 5.82 Å². The lowest BCUT2D eigenvalue weighted by Gasteiger charge is -2.10. The molecule has 110 valence electrons. The SMILES string of the molecule is CCC(C)c1ccc(NC(=O)c2ccc(N)c(F)c2)cc1. The summed E-state index contributed by atoms with van der Waals surface area (Å²) in [6.45, 7) is 4.29. The molecule has 0 aliphatic carbocycles. The fourth-order valence-corrected chi connectivity index (χ4v) is 2.00. The Kier molecular flexibility index (Phi) is 4.58. The minimum atomic E-state index is -0.588. The molecule has 0 heterocycles. The van der Waals surface area contributed by atoms with Crippen molar-refractivity contribution in [1.29, 1.82) is 0 Å². The highest BCUT2D eigenvalue weighted by Crippen LogP contribution is 2.21. The van der Waals surface area contributed by atoms with Gasteiger partial charge >= 0.3 is 0 Å². The second-order valence-electron chi connectivity index (χ2n) is 5.12. The third-order valence-electron chi connectivity index (χ3n) is 3.61. The Labute approximate surface area is 124 Å². The van der Waals surface area contributed by atoms with Gasteiger partial charge < -0.3 is 11.1 Å². The van der Waals surface area contributed by atoms with Crippen LogP contribution in [0.15, 0.2) is 42.5 Å². The van der Waals surface area contributed by atoms with Crippen molar-refractivity contribution in [3.8, 4) is 0 Å². The van der Waals surface area contributed by atoms with Crippen molar-refractivity contribution in [2.24, 2.45) is 0 Å². The van der Waals surface area contributed by atoms with Crippen LogP contribution in [0.4, 0.5) is 15.8 Å². The van der Waals surface area contributed by atoms with Crippen LogP contribution in [0.5, 0.6) is 0 Å². The number of hydrogen-bond donors (Lipinski definition) is 2. The summed E-state index contributed by atoms with van der Waals surface area (Å²) in [5.74, 6) is -0.457. The molecule has 0 aromatic heterocycles. The van der Waals surface area contributed by atoms with E-state index in [9.17, 15) is 9.18 Å². The molecule has 0 saturated heterocycles. The fourth-order valence-electron chi connectivity index (χ4n) is 2.00. The molecule has 2 aromatic rings. The first-order valence-corrected chi connectivity index (χ1v) is 6.97. The summed E-state index contributed by atoms with van der Waals surface area (Å²) in [4.78, 5) is 12.0. The first-order chi connectivity index (χ1) is 10.0. The topological polar surface area (TPSA) is 55.1 Å². The molecular weight excluding hydrogens is 267 g/mol. The van der Waals surface area contributed by atoms with Gasteiger partial charge in [-0.3, -0.25) is 4.79 Å². The first kappa shape index (κ1) is 15.0. The number of carbonyl (C=O) groups excluding carboxylic acids is 1. The van der Waals surface area contributed by atoms with Gasteiger partial charge in [-0.1, -0.05) is 26.0 Å². The molecule has 0 bridgehead atoms. The van der Waals surface area contributed by atoms with E-state index in [1.807, 2.05) is 24.3 Å². The Morgan fingerprint density at radius 2 is 1.90 bits per heavy atom. The second kappa shape index (κ2) is 6.39. The van der Waals surface area contributed by atoms with Crippen LogP contribution in [-0.4, -0.2) is 5.91 Å². The fraction of sp³-hybridized carbons (Fsp3) is 0.235. The van der Waals surface area contributed by atoms with Gasteiger partial charge in [-0.05, 0) is 48.2 Å². The summed E-state index contributed by atoms with van der Waals surface area (Å²) in [6.07, 6.45) is 1.07. The molecule has 3 nitrogen and oxygen atoms in total. The molecule has 0 spiro atoms. The van der Waals surface area contributed by atoms with Gasteiger partial charge in [0.2, 0.25) is 0 Å². The van der Waals surface area contributed by atoms with Crippen molar-refractivity contribution in [2.75, 3.05) is 11.1 Å². The highest BCUT2D eigenvalue weighted by atomic mass is 19.1. The van der Waals surface area contributed by atoms with Crippen LogP contribution in [0.25, 0.3) is 0 Å². The molecule has 0 radical (unpaired) electrons. The Morgan fingerprint density at radius 1 is 1.24 bits per heavy atom. The number of rotatable bonds is 4. The van der Waals surface area contributed by atoms with Crippen molar-refractivity contribution >= 4 is 17.3 Å². The smallest absolute Gasteiger partial charge is 0.255 e. The van der Waals surface area contributed by atoms with E-state index in [4.69, 9.17) is 5.73 Å². The molecule has 2 rings (SSSR count). The van der Waals surface area contributed by atoms with Crippen LogP contribution in [-0.2, 0) is 0 Å². The van der Waals surface area contributed by atoms with E-state index in [0.717, 1.165) is 12.5 Å². The van der Waals surface area contributed by atoms with E-state index in [1.54, 1.807) is 0 Å². The maximum absolute atomic E-state index is 13.4. The van der Waals surface area contributed by atoms with Gasteiger partial charge in [0.05, 0.1) is 5.69 Å². The predicted molar refractivity (Wildman–Crippen MR) is 83.9 cm³/mol. The molecule has 21 heavy (non-hydrogen) atoms. The zero-order valence-corrected chi connectivity index (χ0v) is 12.2. The summed E-state index contributed by atoms with van der Waals surface area (Å²) < 4.78 is 13.4. The Morgan fingerprint density at radius 3 is 2.48 bits per heavy atom. The normalized spacial score (nSPS) is 12.0. The molecule has 0 aliphatic rings. The molecule has 2 aromatic carbocycles. The monoisotopic (exact) mass is 286 g/mol. The van der Waals surface area contributed by atoms with Crippen molar-refractivity contribution in [3.05, 3.63) is 59.4 Å². The van der Waals surface area contributed by atoms with Crippen molar-refractivity contribution in [1.82, 2.24) is 0 Å². The molecule has 3 N–H and O–H groups in total. The van der Waals surface area contributed by atoms with Gasteiger partial charge in [0, 0.05) is 11.3 Å². The predicted octanol–water partition coefficient (Wildman–Crippen LogP) is 4.17. The van der Waals surface area contributed by atoms with E-state index in [0.29, 0.717) is 11.6 Å². The molecular formula is C17H19FN2O. The number of nitrogens with one attached hydrogen (secondary N) is 1. The van der Waals surface area contributed by atoms with E-state index in [1.165, 1.54) is 17.7 Å². The van der Waals surface area contributed by atoms with E-state index >= 15 is 0 Å². The summed E-state index contributed by atoms with van der Waals surface area (Å²) in [7, 11) is 0. The second-order valence-corrected chi connectivity index (χ2v) is 5.12. The Hall–Kier alpha value is -2.36. The average molecular weight is 286 g/mol. The molecule has 0 fully saturated rings. The van der Waals surface area contributed by atoms with Crippen LogP contribution < -0.4 is 11.1 Å². The molecule has 4 heteroatoms. The van der Waals surface area contributed by atoms with Crippen LogP contribution in [0, 0.1) is 5.82 Å². The lowest BCUT2D eigenvalue weighted by Crippen LogP contribution is -2.12. The quantitative estimate of drug-likeness (QED) is 0.829. The maximum atomic E-state index is 13.4. The van der Waals surface area contributed by atoms with Crippen LogP contribution >= 0.6 is 0 Å². The number of anilines is 2. The summed E-state index contributed by atoms with van der Waals surface area (Å²) in [5, 5.41) is 2.74. The lowest BCUT2D eigenvalue weighted by atomic mass is 9.98. The third kappa shape index (κ3) is 3.60. The van der Waals surface area contributed by atoms with Crippen molar-refractivity contribution in [3.63, 3.8) is 0 Å².